The van der Waals surface area contributed by atoms with Gasteiger partial charge in [0.25, 0.3) is 0 Å². The van der Waals surface area contributed by atoms with E-state index in [4.69, 9.17) is 4.74 Å². The van der Waals surface area contributed by atoms with Crippen molar-refractivity contribution in [3.8, 4) is 0 Å². The Balaban J connectivity index is 4.05. The van der Waals surface area contributed by atoms with Crippen molar-refractivity contribution in [2.75, 3.05) is 6.61 Å². The predicted octanol–water partition coefficient (Wildman–Crippen LogP) is 2.42. The molecular weight excluding hydrogens is 152 g/mol. The third-order valence-corrected chi connectivity index (χ3v) is 1.62. The fraction of sp³-hybridized carbons (Fsp3) is 0.900. The lowest BCUT2D eigenvalue weighted by Crippen LogP contribution is -2.27. The van der Waals surface area contributed by atoms with Crippen molar-refractivity contribution in [1.29, 1.82) is 0 Å². The number of Topliss-reactive ketones (excluding diaryl/α,β-unsaturated/α-hetero) is 1. The first-order valence-electron chi connectivity index (χ1n) is 4.49. The molecule has 0 heterocycles. The maximum atomic E-state index is 11.1. The van der Waals surface area contributed by atoms with E-state index >= 15 is 0 Å². The van der Waals surface area contributed by atoms with E-state index in [9.17, 15) is 4.79 Å². The Morgan fingerprint density at radius 2 is 1.92 bits per heavy atom. The first-order chi connectivity index (χ1) is 5.37. The summed E-state index contributed by atoms with van der Waals surface area (Å²) >= 11 is 0. The fourth-order valence-electron chi connectivity index (χ4n) is 1.08. The maximum Gasteiger partial charge on any atom is 0.158 e. The van der Waals surface area contributed by atoms with E-state index in [1.54, 1.807) is 6.92 Å². The lowest BCUT2D eigenvalue weighted by Gasteiger charge is -2.23. The molecule has 0 aliphatic carbocycles. The molecule has 0 fully saturated rings. The number of ketones is 1. The lowest BCUT2D eigenvalue weighted by atomic mass is 9.88. The van der Waals surface area contributed by atoms with Crippen LogP contribution in [0.5, 0.6) is 0 Å². The first-order valence-corrected chi connectivity index (χ1v) is 4.49. The summed E-state index contributed by atoms with van der Waals surface area (Å²) in [5.41, 5.74) is 0.158. The van der Waals surface area contributed by atoms with E-state index in [1.807, 2.05) is 6.92 Å². The molecule has 0 aliphatic heterocycles. The monoisotopic (exact) mass is 172 g/mol. The quantitative estimate of drug-likeness (QED) is 0.651. The standard InChI is InChI=1S/C10H20O2/c1-6-12-9(8(2)11)7-10(3,4)5/h9H,6-7H2,1-5H3. The van der Waals surface area contributed by atoms with Gasteiger partial charge in [-0.1, -0.05) is 20.8 Å². The fourth-order valence-corrected chi connectivity index (χ4v) is 1.08. The molecule has 0 aromatic rings. The molecule has 0 aliphatic rings. The average molecular weight is 172 g/mol. The minimum Gasteiger partial charge on any atom is -0.371 e. The second-order valence-corrected chi connectivity index (χ2v) is 4.32. The number of hydrogen-bond donors (Lipinski definition) is 0. The van der Waals surface area contributed by atoms with Crippen molar-refractivity contribution in [2.45, 2.75) is 47.1 Å². The van der Waals surface area contributed by atoms with E-state index in [0.29, 0.717) is 6.61 Å². The molecule has 0 saturated heterocycles. The molecular formula is C10H20O2. The van der Waals surface area contributed by atoms with E-state index in [0.717, 1.165) is 6.42 Å². The van der Waals surface area contributed by atoms with Gasteiger partial charge in [-0.05, 0) is 25.7 Å². The summed E-state index contributed by atoms with van der Waals surface area (Å²) < 4.78 is 5.33. The average Bonchev–Trinajstić information content (AvgIpc) is 1.83. The molecule has 0 N–H and O–H groups in total. The summed E-state index contributed by atoms with van der Waals surface area (Å²) in [6, 6.07) is 0. The summed E-state index contributed by atoms with van der Waals surface area (Å²) in [6.45, 7) is 10.5. The van der Waals surface area contributed by atoms with Gasteiger partial charge in [0.2, 0.25) is 0 Å². The summed E-state index contributed by atoms with van der Waals surface area (Å²) in [6.07, 6.45) is 0.589. The van der Waals surface area contributed by atoms with E-state index in [2.05, 4.69) is 20.8 Å². The predicted molar refractivity (Wildman–Crippen MR) is 50.2 cm³/mol. The minimum atomic E-state index is -0.213. The van der Waals surface area contributed by atoms with Crippen molar-refractivity contribution in [1.82, 2.24) is 0 Å². The Hall–Kier alpha value is -0.370. The van der Waals surface area contributed by atoms with Crippen LogP contribution in [0.2, 0.25) is 0 Å². The number of ether oxygens (including phenoxy) is 1. The largest absolute Gasteiger partial charge is 0.371 e. The Bertz CT molecular complexity index is 144. The molecule has 0 amide bonds. The van der Waals surface area contributed by atoms with Crippen LogP contribution in [0.3, 0.4) is 0 Å². The van der Waals surface area contributed by atoms with Crippen LogP contribution in [0.15, 0.2) is 0 Å². The molecule has 0 spiro atoms. The van der Waals surface area contributed by atoms with Gasteiger partial charge in [-0.15, -0.1) is 0 Å². The highest BCUT2D eigenvalue weighted by molar-refractivity contribution is 5.80. The van der Waals surface area contributed by atoms with Gasteiger partial charge in [-0.25, -0.2) is 0 Å². The van der Waals surface area contributed by atoms with Crippen LogP contribution in [0, 0.1) is 5.41 Å². The van der Waals surface area contributed by atoms with E-state index in [-0.39, 0.29) is 17.3 Å². The Labute approximate surface area is 75.3 Å². The Morgan fingerprint density at radius 3 is 2.17 bits per heavy atom. The van der Waals surface area contributed by atoms with Crippen molar-refractivity contribution in [2.24, 2.45) is 5.41 Å². The van der Waals surface area contributed by atoms with Gasteiger partial charge >= 0.3 is 0 Å². The van der Waals surface area contributed by atoms with Crippen molar-refractivity contribution in [3.63, 3.8) is 0 Å². The molecule has 0 rings (SSSR count). The van der Waals surface area contributed by atoms with E-state index in [1.165, 1.54) is 0 Å². The Morgan fingerprint density at radius 1 is 1.42 bits per heavy atom. The third kappa shape index (κ3) is 5.30. The number of rotatable bonds is 4. The molecule has 72 valence electrons. The van der Waals surface area contributed by atoms with Gasteiger partial charge in [0.05, 0.1) is 0 Å². The molecule has 2 heteroatoms. The molecule has 0 radical (unpaired) electrons. The highest BCUT2D eigenvalue weighted by atomic mass is 16.5. The lowest BCUT2D eigenvalue weighted by molar-refractivity contribution is -0.129. The van der Waals surface area contributed by atoms with Gasteiger partial charge in [0.15, 0.2) is 5.78 Å². The van der Waals surface area contributed by atoms with Crippen LogP contribution >= 0.6 is 0 Å². The normalized spacial score (nSPS) is 14.4. The van der Waals surface area contributed by atoms with Gasteiger partial charge in [0.1, 0.15) is 6.10 Å². The maximum absolute atomic E-state index is 11.1. The smallest absolute Gasteiger partial charge is 0.158 e. The molecule has 0 bridgehead atoms. The molecule has 0 aromatic heterocycles. The number of carbonyl (C=O) groups excluding carboxylic acids is 1. The van der Waals surface area contributed by atoms with Gasteiger partial charge in [-0.2, -0.15) is 0 Å². The van der Waals surface area contributed by atoms with Crippen molar-refractivity contribution in [3.05, 3.63) is 0 Å². The van der Waals surface area contributed by atoms with Gasteiger partial charge in [-0.3, -0.25) is 4.79 Å². The second kappa shape index (κ2) is 4.61. The van der Waals surface area contributed by atoms with Gasteiger partial charge in [0, 0.05) is 6.61 Å². The highest BCUT2D eigenvalue weighted by Gasteiger charge is 2.21. The van der Waals surface area contributed by atoms with Crippen LogP contribution in [0.1, 0.15) is 41.0 Å². The first kappa shape index (κ1) is 11.6. The summed E-state index contributed by atoms with van der Waals surface area (Å²) in [7, 11) is 0. The van der Waals surface area contributed by atoms with Crippen LogP contribution in [-0.2, 0) is 9.53 Å². The van der Waals surface area contributed by atoms with Crippen LogP contribution in [0.4, 0.5) is 0 Å². The van der Waals surface area contributed by atoms with E-state index < -0.39 is 0 Å². The molecule has 1 unspecified atom stereocenters. The van der Waals surface area contributed by atoms with Crippen molar-refractivity contribution >= 4 is 5.78 Å². The molecule has 0 aromatic carbocycles. The third-order valence-electron chi connectivity index (χ3n) is 1.62. The summed E-state index contributed by atoms with van der Waals surface area (Å²) in [5, 5.41) is 0. The topological polar surface area (TPSA) is 26.3 Å². The van der Waals surface area contributed by atoms with Crippen molar-refractivity contribution < 1.29 is 9.53 Å². The SMILES string of the molecule is CCOC(CC(C)(C)C)C(C)=O. The van der Waals surface area contributed by atoms with Gasteiger partial charge < -0.3 is 4.74 Å². The zero-order valence-electron chi connectivity index (χ0n) is 8.81. The molecule has 1 atom stereocenters. The molecule has 12 heavy (non-hydrogen) atoms. The summed E-state index contributed by atoms with van der Waals surface area (Å²) in [5.74, 6) is 0.131. The zero-order chi connectivity index (χ0) is 9.78. The van der Waals surface area contributed by atoms with Crippen LogP contribution in [-0.4, -0.2) is 18.5 Å². The number of carbonyl (C=O) groups is 1. The summed E-state index contributed by atoms with van der Waals surface area (Å²) in [4.78, 5) is 11.1. The number of hydrogen-bond acceptors (Lipinski definition) is 2. The van der Waals surface area contributed by atoms with Crippen LogP contribution in [0.25, 0.3) is 0 Å². The minimum absolute atomic E-state index is 0.131. The molecule has 0 saturated carbocycles. The van der Waals surface area contributed by atoms with Crippen LogP contribution < -0.4 is 0 Å². The Kier molecular flexibility index (Phi) is 4.46. The zero-order valence-corrected chi connectivity index (χ0v) is 8.81. The second-order valence-electron chi connectivity index (χ2n) is 4.32. The molecule has 2 nitrogen and oxygen atoms in total. The highest BCUT2D eigenvalue weighted by Crippen LogP contribution is 2.22.